The van der Waals surface area contributed by atoms with Gasteiger partial charge in [0, 0.05) is 23.4 Å². The van der Waals surface area contributed by atoms with E-state index in [1.165, 1.54) is 18.5 Å². The molecule has 82 valence electrons. The van der Waals surface area contributed by atoms with Crippen molar-refractivity contribution in [2.75, 3.05) is 13.2 Å². The van der Waals surface area contributed by atoms with Gasteiger partial charge in [-0.3, -0.25) is 9.82 Å². The first-order chi connectivity index (χ1) is 7.10. The van der Waals surface area contributed by atoms with Crippen LogP contribution in [0.15, 0.2) is 27.8 Å². The van der Waals surface area contributed by atoms with E-state index in [1.54, 1.807) is 0 Å². The summed E-state index contributed by atoms with van der Waals surface area (Å²) >= 11 is 3.18. The lowest BCUT2D eigenvalue weighted by Gasteiger charge is -2.13. The van der Waals surface area contributed by atoms with Gasteiger partial charge in [-0.25, -0.2) is 8.42 Å². The molecule has 0 aromatic carbocycles. The normalized spacial score (nSPS) is 18.2. The van der Waals surface area contributed by atoms with E-state index >= 15 is 0 Å². The maximum Gasteiger partial charge on any atom is 0.266 e. The molecular weight excluding hydrogens is 284 g/mol. The molecule has 2 heterocycles. The van der Waals surface area contributed by atoms with E-state index < -0.39 is 10.0 Å². The number of sulfonamides is 1. The summed E-state index contributed by atoms with van der Waals surface area (Å²) in [4.78, 5) is 8.97. The Hall–Kier alpha value is -0.500. The van der Waals surface area contributed by atoms with Crippen molar-refractivity contribution in [2.24, 2.45) is 0 Å². The van der Waals surface area contributed by atoms with Crippen LogP contribution in [-0.4, -0.2) is 31.0 Å². The zero-order chi connectivity index (χ0) is 10.9. The number of rotatable bonds is 2. The van der Waals surface area contributed by atoms with Crippen molar-refractivity contribution >= 4 is 26.0 Å². The van der Waals surface area contributed by atoms with Crippen molar-refractivity contribution in [3.8, 4) is 0 Å². The molecular formula is C8H9BrN2O3S. The van der Waals surface area contributed by atoms with Crippen molar-refractivity contribution in [3.05, 3.63) is 22.9 Å². The summed E-state index contributed by atoms with van der Waals surface area (Å²) in [5.41, 5.74) is 0. The number of aromatic nitrogens is 1. The largest absolute Gasteiger partial charge is 0.284 e. The number of nitrogens with zero attached hydrogens (tertiary/aromatic N) is 2. The molecule has 1 fully saturated rings. The van der Waals surface area contributed by atoms with Crippen molar-refractivity contribution < 1.29 is 13.3 Å². The molecule has 0 N–H and O–H groups in total. The number of hydroxylamine groups is 1. The van der Waals surface area contributed by atoms with E-state index in [2.05, 4.69) is 20.9 Å². The van der Waals surface area contributed by atoms with Crippen LogP contribution in [0.1, 0.15) is 6.42 Å². The minimum Gasteiger partial charge on any atom is -0.284 e. The van der Waals surface area contributed by atoms with Crippen LogP contribution >= 0.6 is 15.9 Å². The fraction of sp³-hybridized carbons (Fsp3) is 0.375. The maximum absolute atomic E-state index is 11.9. The average Bonchev–Trinajstić information content (AvgIpc) is 2.71. The Morgan fingerprint density at radius 3 is 2.87 bits per heavy atom. The quantitative estimate of drug-likeness (QED) is 0.821. The van der Waals surface area contributed by atoms with Crippen LogP contribution in [-0.2, 0) is 14.9 Å². The first-order valence-electron chi connectivity index (χ1n) is 4.37. The molecule has 0 bridgehead atoms. The first-order valence-corrected chi connectivity index (χ1v) is 6.60. The molecule has 0 radical (unpaired) electrons. The van der Waals surface area contributed by atoms with Crippen LogP contribution in [0.4, 0.5) is 0 Å². The van der Waals surface area contributed by atoms with E-state index in [1.807, 2.05) is 0 Å². The molecule has 2 rings (SSSR count). The zero-order valence-corrected chi connectivity index (χ0v) is 10.2. The minimum absolute atomic E-state index is 0.138. The Kier molecular flexibility index (Phi) is 3.06. The highest BCUT2D eigenvalue weighted by Crippen LogP contribution is 2.21. The van der Waals surface area contributed by atoms with Crippen LogP contribution in [0, 0.1) is 0 Å². The molecule has 0 saturated carbocycles. The molecule has 7 heteroatoms. The van der Waals surface area contributed by atoms with E-state index in [0.717, 1.165) is 10.9 Å². The molecule has 1 aliphatic rings. The van der Waals surface area contributed by atoms with Crippen molar-refractivity contribution in [1.29, 1.82) is 0 Å². The van der Waals surface area contributed by atoms with Crippen molar-refractivity contribution in [1.82, 2.24) is 9.45 Å². The Morgan fingerprint density at radius 1 is 1.47 bits per heavy atom. The molecule has 1 aromatic heterocycles. The van der Waals surface area contributed by atoms with Crippen LogP contribution in [0.3, 0.4) is 0 Å². The van der Waals surface area contributed by atoms with E-state index in [9.17, 15) is 8.42 Å². The molecule has 0 amide bonds. The molecule has 0 unspecified atom stereocenters. The summed E-state index contributed by atoms with van der Waals surface area (Å²) in [5, 5.41) is 0. The Balaban J connectivity index is 2.36. The summed E-state index contributed by atoms with van der Waals surface area (Å²) in [6.07, 6.45) is 3.56. The molecule has 1 aromatic rings. The summed E-state index contributed by atoms with van der Waals surface area (Å²) in [6.45, 7) is 0.843. The zero-order valence-electron chi connectivity index (χ0n) is 7.76. The van der Waals surface area contributed by atoms with E-state index in [-0.39, 0.29) is 4.90 Å². The fourth-order valence-corrected chi connectivity index (χ4v) is 3.07. The predicted octanol–water partition coefficient (Wildman–Crippen LogP) is 1.17. The Morgan fingerprint density at radius 2 is 2.27 bits per heavy atom. The first kappa shape index (κ1) is 11.0. The van der Waals surface area contributed by atoms with Crippen LogP contribution < -0.4 is 0 Å². The third kappa shape index (κ3) is 2.20. The van der Waals surface area contributed by atoms with Gasteiger partial charge in [0.15, 0.2) is 0 Å². The highest BCUT2D eigenvalue weighted by atomic mass is 79.9. The van der Waals surface area contributed by atoms with Gasteiger partial charge in [-0.15, -0.1) is 0 Å². The number of pyridine rings is 1. The van der Waals surface area contributed by atoms with Crippen molar-refractivity contribution in [3.63, 3.8) is 0 Å². The second-order valence-corrected chi connectivity index (χ2v) is 5.80. The van der Waals surface area contributed by atoms with Gasteiger partial charge < -0.3 is 0 Å². The van der Waals surface area contributed by atoms with Gasteiger partial charge in [-0.2, -0.15) is 0 Å². The van der Waals surface area contributed by atoms with Gasteiger partial charge in [-0.05, 0) is 28.4 Å². The Bertz CT molecular complexity index is 457. The van der Waals surface area contributed by atoms with Crippen LogP contribution in [0.25, 0.3) is 0 Å². The van der Waals surface area contributed by atoms with E-state index in [0.29, 0.717) is 17.6 Å². The SMILES string of the molecule is O=S(=O)(c1cncc(Br)c1)N1CCCO1. The number of halogens is 1. The van der Waals surface area contributed by atoms with Gasteiger partial charge in [0.05, 0.1) is 6.61 Å². The fourth-order valence-electron chi connectivity index (χ4n) is 1.27. The number of hydrogen-bond acceptors (Lipinski definition) is 4. The van der Waals surface area contributed by atoms with Crippen LogP contribution in [0.2, 0.25) is 0 Å². The van der Waals surface area contributed by atoms with Gasteiger partial charge in [0.2, 0.25) is 0 Å². The highest BCUT2D eigenvalue weighted by Gasteiger charge is 2.28. The molecule has 1 aliphatic heterocycles. The summed E-state index contributed by atoms with van der Waals surface area (Å²) in [7, 11) is -3.54. The third-order valence-electron chi connectivity index (χ3n) is 1.97. The monoisotopic (exact) mass is 292 g/mol. The lowest BCUT2D eigenvalue weighted by Crippen LogP contribution is -2.26. The van der Waals surface area contributed by atoms with E-state index in [4.69, 9.17) is 4.84 Å². The molecule has 0 atom stereocenters. The summed E-state index contributed by atoms with van der Waals surface area (Å²) in [5.74, 6) is 0. The molecule has 15 heavy (non-hydrogen) atoms. The number of hydrogen-bond donors (Lipinski definition) is 0. The minimum atomic E-state index is -3.54. The molecule has 5 nitrogen and oxygen atoms in total. The van der Waals surface area contributed by atoms with Crippen LogP contribution in [0.5, 0.6) is 0 Å². The predicted molar refractivity (Wildman–Crippen MR) is 56.4 cm³/mol. The average molecular weight is 293 g/mol. The smallest absolute Gasteiger partial charge is 0.266 e. The topological polar surface area (TPSA) is 59.5 Å². The highest BCUT2D eigenvalue weighted by molar-refractivity contribution is 9.10. The van der Waals surface area contributed by atoms with Gasteiger partial charge >= 0.3 is 0 Å². The summed E-state index contributed by atoms with van der Waals surface area (Å²) < 4.78 is 25.5. The van der Waals surface area contributed by atoms with Gasteiger partial charge in [0.1, 0.15) is 4.90 Å². The lowest BCUT2D eigenvalue weighted by molar-refractivity contribution is -0.0284. The molecule has 0 aliphatic carbocycles. The second kappa shape index (κ2) is 4.17. The summed E-state index contributed by atoms with van der Waals surface area (Å²) in [6, 6.07) is 1.50. The Labute approximate surface area is 96.2 Å². The third-order valence-corrected chi connectivity index (χ3v) is 4.04. The molecule has 0 spiro atoms. The molecule has 1 saturated heterocycles. The second-order valence-electron chi connectivity index (χ2n) is 3.06. The maximum atomic E-state index is 11.9. The standard InChI is InChI=1S/C8H9BrN2O3S/c9-7-4-8(6-10-5-7)15(12,13)11-2-1-3-14-11/h4-6H,1-3H2. The van der Waals surface area contributed by atoms with Crippen molar-refractivity contribution in [2.45, 2.75) is 11.3 Å². The van der Waals surface area contributed by atoms with Gasteiger partial charge in [0.25, 0.3) is 10.0 Å². The van der Waals surface area contributed by atoms with Gasteiger partial charge in [-0.1, -0.05) is 4.47 Å². The lowest BCUT2D eigenvalue weighted by atomic mass is 10.5.